The maximum atomic E-state index is 11.5. The van der Waals surface area contributed by atoms with Crippen LogP contribution in [0.4, 0.5) is 0 Å². The van der Waals surface area contributed by atoms with Gasteiger partial charge in [-0.15, -0.1) is 0 Å². The van der Waals surface area contributed by atoms with E-state index >= 15 is 0 Å². The van der Waals surface area contributed by atoms with E-state index in [1.807, 2.05) is 31.3 Å². The number of Topliss-reactive ketones (excluding diaryl/α,β-unsaturated/α-hetero) is 1. The van der Waals surface area contributed by atoms with E-state index in [0.717, 1.165) is 18.0 Å². The van der Waals surface area contributed by atoms with Gasteiger partial charge in [0.2, 0.25) is 0 Å². The number of ketones is 1. The molecule has 1 aromatic carbocycles. The van der Waals surface area contributed by atoms with Crippen LogP contribution in [0.15, 0.2) is 24.3 Å². The molecule has 0 aromatic heterocycles. The first-order chi connectivity index (χ1) is 7.66. The zero-order chi connectivity index (χ0) is 11.6. The lowest BCUT2D eigenvalue weighted by molar-refractivity contribution is -0.117. The van der Waals surface area contributed by atoms with Crippen molar-refractivity contribution in [2.75, 3.05) is 13.6 Å². The monoisotopic (exact) mass is 237 g/mol. The van der Waals surface area contributed by atoms with Crippen molar-refractivity contribution >= 4 is 17.4 Å². The van der Waals surface area contributed by atoms with E-state index in [4.69, 9.17) is 11.6 Å². The van der Waals surface area contributed by atoms with Crippen molar-refractivity contribution in [2.24, 2.45) is 0 Å². The molecule has 0 aliphatic heterocycles. The van der Waals surface area contributed by atoms with Crippen LogP contribution in [-0.4, -0.2) is 19.4 Å². The van der Waals surface area contributed by atoms with E-state index in [0.29, 0.717) is 18.6 Å². The molecule has 1 N–H and O–H groups in total. The van der Waals surface area contributed by atoms with Gasteiger partial charge < -0.3 is 5.32 Å². The third-order valence-electron chi connectivity index (χ3n) is 3.39. The average molecular weight is 238 g/mol. The quantitative estimate of drug-likeness (QED) is 0.876. The number of carbonyl (C=O) groups is 1. The molecule has 0 spiro atoms. The predicted octanol–water partition coefficient (Wildman–Crippen LogP) is 2.55. The Labute approximate surface area is 101 Å². The van der Waals surface area contributed by atoms with Crippen LogP contribution in [0.3, 0.4) is 0 Å². The maximum absolute atomic E-state index is 11.5. The van der Waals surface area contributed by atoms with Crippen molar-refractivity contribution in [1.82, 2.24) is 5.32 Å². The third kappa shape index (κ3) is 2.13. The smallest absolute Gasteiger partial charge is 0.133 e. The van der Waals surface area contributed by atoms with Gasteiger partial charge >= 0.3 is 0 Å². The van der Waals surface area contributed by atoms with E-state index in [1.165, 1.54) is 5.56 Å². The number of hydrogen-bond acceptors (Lipinski definition) is 2. The molecule has 1 saturated carbocycles. The molecular weight excluding hydrogens is 222 g/mol. The Morgan fingerprint density at radius 1 is 1.38 bits per heavy atom. The summed E-state index contributed by atoms with van der Waals surface area (Å²) in [6.45, 7) is 0.848. The molecule has 0 radical (unpaired) electrons. The van der Waals surface area contributed by atoms with Gasteiger partial charge in [0.15, 0.2) is 0 Å². The van der Waals surface area contributed by atoms with Crippen LogP contribution in [0.5, 0.6) is 0 Å². The molecule has 1 aliphatic carbocycles. The Hall–Kier alpha value is -0.860. The van der Waals surface area contributed by atoms with Crippen molar-refractivity contribution in [1.29, 1.82) is 0 Å². The summed E-state index contributed by atoms with van der Waals surface area (Å²) in [5.41, 5.74) is 1.20. The van der Waals surface area contributed by atoms with Gasteiger partial charge in [0.05, 0.1) is 0 Å². The van der Waals surface area contributed by atoms with Gasteiger partial charge in [0, 0.05) is 29.8 Å². The lowest BCUT2D eigenvalue weighted by atomic mass is 9.79. The lowest BCUT2D eigenvalue weighted by Crippen LogP contribution is -2.34. The molecule has 16 heavy (non-hydrogen) atoms. The van der Waals surface area contributed by atoms with Crippen molar-refractivity contribution < 1.29 is 4.79 Å². The second-order valence-corrected chi connectivity index (χ2v) is 4.97. The summed E-state index contributed by atoms with van der Waals surface area (Å²) >= 11 is 5.89. The Morgan fingerprint density at radius 2 is 2.06 bits per heavy atom. The van der Waals surface area contributed by atoms with Crippen molar-refractivity contribution in [3.05, 3.63) is 34.9 Å². The van der Waals surface area contributed by atoms with Crippen molar-refractivity contribution in [3.8, 4) is 0 Å². The molecule has 1 unspecified atom stereocenters. The number of hydrogen-bond donors (Lipinski definition) is 1. The zero-order valence-corrected chi connectivity index (χ0v) is 10.2. The first-order valence-electron chi connectivity index (χ1n) is 5.59. The van der Waals surface area contributed by atoms with E-state index in [-0.39, 0.29) is 5.41 Å². The molecule has 1 aliphatic rings. The molecule has 0 amide bonds. The van der Waals surface area contributed by atoms with Crippen LogP contribution < -0.4 is 5.32 Å². The SMILES string of the molecule is CNCC1(c2ccc(Cl)cc2)CCC(=O)C1. The molecule has 86 valence electrons. The molecule has 1 aromatic rings. The average Bonchev–Trinajstić information content (AvgIpc) is 2.63. The summed E-state index contributed by atoms with van der Waals surface area (Å²) in [6, 6.07) is 7.88. The van der Waals surface area contributed by atoms with E-state index < -0.39 is 0 Å². The summed E-state index contributed by atoms with van der Waals surface area (Å²) in [5, 5.41) is 3.94. The van der Waals surface area contributed by atoms with Gasteiger partial charge in [0.25, 0.3) is 0 Å². The Balaban J connectivity index is 2.32. The molecule has 1 fully saturated rings. The summed E-state index contributed by atoms with van der Waals surface area (Å²) < 4.78 is 0. The summed E-state index contributed by atoms with van der Waals surface area (Å²) in [6.07, 6.45) is 2.29. The van der Waals surface area contributed by atoms with Crippen molar-refractivity contribution in [3.63, 3.8) is 0 Å². The van der Waals surface area contributed by atoms with Crippen LogP contribution in [0.2, 0.25) is 5.02 Å². The molecule has 1 atom stereocenters. The molecule has 2 rings (SSSR count). The Morgan fingerprint density at radius 3 is 2.56 bits per heavy atom. The molecule has 3 heteroatoms. The lowest BCUT2D eigenvalue weighted by Gasteiger charge is -2.28. The Kier molecular flexibility index (Phi) is 3.31. The van der Waals surface area contributed by atoms with Gasteiger partial charge in [-0.05, 0) is 31.2 Å². The van der Waals surface area contributed by atoms with Gasteiger partial charge in [0.1, 0.15) is 5.78 Å². The normalized spacial score (nSPS) is 25.0. The second-order valence-electron chi connectivity index (χ2n) is 4.53. The van der Waals surface area contributed by atoms with E-state index in [9.17, 15) is 4.79 Å². The van der Waals surface area contributed by atoms with Crippen LogP contribution >= 0.6 is 11.6 Å². The highest BCUT2D eigenvalue weighted by molar-refractivity contribution is 6.30. The second kappa shape index (κ2) is 4.56. The fourth-order valence-electron chi connectivity index (χ4n) is 2.57. The fourth-order valence-corrected chi connectivity index (χ4v) is 2.70. The molecule has 0 saturated heterocycles. The standard InChI is InChI=1S/C13H16ClNO/c1-15-9-13(7-6-12(16)8-13)10-2-4-11(14)5-3-10/h2-5,15H,6-9H2,1H3. The minimum Gasteiger partial charge on any atom is -0.319 e. The molecule has 2 nitrogen and oxygen atoms in total. The molecular formula is C13H16ClNO. The van der Waals surface area contributed by atoms with E-state index in [2.05, 4.69) is 5.32 Å². The Bertz CT molecular complexity index is 387. The first kappa shape index (κ1) is 11.6. The molecule has 0 bridgehead atoms. The summed E-state index contributed by atoms with van der Waals surface area (Å²) in [4.78, 5) is 11.5. The zero-order valence-electron chi connectivity index (χ0n) is 9.42. The largest absolute Gasteiger partial charge is 0.319 e. The van der Waals surface area contributed by atoms with E-state index in [1.54, 1.807) is 0 Å². The highest BCUT2D eigenvalue weighted by Crippen LogP contribution is 2.39. The summed E-state index contributed by atoms with van der Waals surface area (Å²) in [7, 11) is 1.93. The van der Waals surface area contributed by atoms with Gasteiger partial charge in [-0.1, -0.05) is 23.7 Å². The number of likely N-dealkylation sites (N-methyl/N-ethyl adjacent to an activating group) is 1. The van der Waals surface area contributed by atoms with Crippen LogP contribution in [-0.2, 0) is 10.2 Å². The van der Waals surface area contributed by atoms with Crippen molar-refractivity contribution in [2.45, 2.75) is 24.7 Å². The highest BCUT2D eigenvalue weighted by atomic mass is 35.5. The van der Waals surface area contributed by atoms with Crippen LogP contribution in [0.25, 0.3) is 0 Å². The molecule has 0 heterocycles. The van der Waals surface area contributed by atoms with Crippen LogP contribution in [0, 0.1) is 0 Å². The highest BCUT2D eigenvalue weighted by Gasteiger charge is 2.39. The number of benzene rings is 1. The fraction of sp³-hybridized carbons (Fsp3) is 0.462. The van der Waals surface area contributed by atoms with Gasteiger partial charge in [-0.3, -0.25) is 4.79 Å². The van der Waals surface area contributed by atoms with Gasteiger partial charge in [-0.2, -0.15) is 0 Å². The number of halogens is 1. The number of nitrogens with one attached hydrogen (secondary N) is 1. The number of carbonyl (C=O) groups excluding carboxylic acids is 1. The number of rotatable bonds is 3. The van der Waals surface area contributed by atoms with Gasteiger partial charge in [-0.25, -0.2) is 0 Å². The van der Waals surface area contributed by atoms with Crippen LogP contribution in [0.1, 0.15) is 24.8 Å². The summed E-state index contributed by atoms with van der Waals surface area (Å²) in [5.74, 6) is 0.366. The minimum atomic E-state index is -0.0174. The predicted molar refractivity (Wildman–Crippen MR) is 65.9 cm³/mol. The first-order valence-corrected chi connectivity index (χ1v) is 5.96. The topological polar surface area (TPSA) is 29.1 Å². The third-order valence-corrected chi connectivity index (χ3v) is 3.64. The minimum absolute atomic E-state index is 0.0174. The maximum Gasteiger partial charge on any atom is 0.133 e.